The summed E-state index contributed by atoms with van der Waals surface area (Å²) in [7, 11) is 0. The fraction of sp³-hybridized carbons (Fsp3) is 0.538. The van der Waals surface area contributed by atoms with Crippen LogP contribution in [0.15, 0.2) is 18.2 Å². The molecule has 1 atom stereocenters. The van der Waals surface area contributed by atoms with Crippen molar-refractivity contribution in [3.63, 3.8) is 0 Å². The van der Waals surface area contributed by atoms with E-state index in [1.54, 1.807) is 6.07 Å². The second-order valence-corrected chi connectivity index (χ2v) is 4.60. The molecular formula is C13H18ClF2N. The summed E-state index contributed by atoms with van der Waals surface area (Å²) in [5, 5.41) is 0. The summed E-state index contributed by atoms with van der Waals surface area (Å²) < 4.78 is 25.9. The average molecular weight is 262 g/mol. The lowest BCUT2D eigenvalue weighted by Crippen LogP contribution is -2.23. The molecule has 1 aromatic rings. The van der Waals surface area contributed by atoms with Crippen LogP contribution in [0, 0.1) is 17.6 Å². The van der Waals surface area contributed by atoms with Crippen LogP contribution in [0.4, 0.5) is 8.78 Å². The Morgan fingerprint density at radius 3 is 2.29 bits per heavy atom. The van der Waals surface area contributed by atoms with Crippen LogP contribution >= 0.6 is 12.4 Å². The van der Waals surface area contributed by atoms with Gasteiger partial charge in [0.05, 0.1) is 0 Å². The van der Waals surface area contributed by atoms with E-state index >= 15 is 0 Å². The van der Waals surface area contributed by atoms with Crippen LogP contribution in [0.5, 0.6) is 0 Å². The minimum Gasteiger partial charge on any atom is -0.324 e. The second-order valence-electron chi connectivity index (χ2n) is 4.60. The highest BCUT2D eigenvalue weighted by molar-refractivity contribution is 5.85. The van der Waals surface area contributed by atoms with Gasteiger partial charge in [0, 0.05) is 6.04 Å². The first kappa shape index (κ1) is 14.4. The highest BCUT2D eigenvalue weighted by Gasteiger charge is 2.22. The van der Waals surface area contributed by atoms with Crippen LogP contribution in [-0.4, -0.2) is 0 Å². The Labute approximate surface area is 107 Å². The molecule has 0 amide bonds. The first-order valence-electron chi connectivity index (χ1n) is 5.89. The van der Waals surface area contributed by atoms with E-state index in [2.05, 4.69) is 0 Å². The highest BCUT2D eigenvalue weighted by Crippen LogP contribution is 2.33. The molecule has 0 aliphatic heterocycles. The molecule has 1 saturated carbocycles. The van der Waals surface area contributed by atoms with E-state index in [9.17, 15) is 8.78 Å². The number of rotatable bonds is 2. The van der Waals surface area contributed by atoms with Gasteiger partial charge in [0.1, 0.15) is 0 Å². The molecule has 1 aromatic carbocycles. The van der Waals surface area contributed by atoms with Crippen molar-refractivity contribution in [1.29, 1.82) is 0 Å². The number of hydrogen-bond donors (Lipinski definition) is 1. The fourth-order valence-corrected chi connectivity index (χ4v) is 2.49. The number of benzene rings is 1. The van der Waals surface area contributed by atoms with Gasteiger partial charge in [0.15, 0.2) is 11.6 Å². The van der Waals surface area contributed by atoms with Gasteiger partial charge in [-0.05, 0) is 36.5 Å². The Bertz CT molecular complexity index is 364. The summed E-state index contributed by atoms with van der Waals surface area (Å²) in [6, 6.07) is 3.83. The Kier molecular flexibility index (Phi) is 5.34. The molecule has 0 radical (unpaired) electrons. The van der Waals surface area contributed by atoms with Gasteiger partial charge >= 0.3 is 0 Å². The maximum atomic E-state index is 13.1. The third kappa shape index (κ3) is 3.39. The maximum absolute atomic E-state index is 13.1. The third-order valence-electron chi connectivity index (χ3n) is 3.49. The highest BCUT2D eigenvalue weighted by atomic mass is 35.5. The van der Waals surface area contributed by atoms with Gasteiger partial charge in [-0.3, -0.25) is 0 Å². The number of hydrogen-bond acceptors (Lipinski definition) is 1. The van der Waals surface area contributed by atoms with Crippen molar-refractivity contribution in [3.05, 3.63) is 35.4 Å². The van der Waals surface area contributed by atoms with Crippen molar-refractivity contribution in [2.45, 2.75) is 38.1 Å². The molecule has 1 aliphatic carbocycles. The lowest BCUT2D eigenvalue weighted by Gasteiger charge is -2.27. The van der Waals surface area contributed by atoms with Crippen molar-refractivity contribution in [2.24, 2.45) is 11.7 Å². The molecule has 2 N–H and O–H groups in total. The summed E-state index contributed by atoms with van der Waals surface area (Å²) in [4.78, 5) is 0. The maximum Gasteiger partial charge on any atom is 0.159 e. The largest absolute Gasteiger partial charge is 0.324 e. The topological polar surface area (TPSA) is 26.0 Å². The normalized spacial score (nSPS) is 18.5. The van der Waals surface area contributed by atoms with E-state index in [0.717, 1.165) is 18.9 Å². The van der Waals surface area contributed by atoms with Crippen LogP contribution in [-0.2, 0) is 0 Å². The Morgan fingerprint density at radius 1 is 1.06 bits per heavy atom. The van der Waals surface area contributed by atoms with Gasteiger partial charge in [-0.2, -0.15) is 0 Å². The summed E-state index contributed by atoms with van der Waals surface area (Å²) in [5.41, 5.74) is 6.81. The summed E-state index contributed by atoms with van der Waals surface area (Å²) >= 11 is 0. The van der Waals surface area contributed by atoms with Crippen molar-refractivity contribution < 1.29 is 8.78 Å². The van der Waals surface area contributed by atoms with E-state index in [1.807, 2.05) is 0 Å². The molecule has 0 saturated heterocycles. The molecule has 0 spiro atoms. The Hall–Kier alpha value is -0.670. The molecule has 17 heavy (non-hydrogen) atoms. The molecule has 96 valence electrons. The second kappa shape index (κ2) is 6.31. The van der Waals surface area contributed by atoms with E-state index in [1.165, 1.54) is 25.3 Å². The smallest absolute Gasteiger partial charge is 0.159 e. The van der Waals surface area contributed by atoms with E-state index < -0.39 is 11.6 Å². The first-order chi connectivity index (χ1) is 7.68. The van der Waals surface area contributed by atoms with Crippen LogP contribution in [0.3, 0.4) is 0 Å². The van der Waals surface area contributed by atoms with E-state index in [0.29, 0.717) is 11.5 Å². The summed E-state index contributed by atoms with van der Waals surface area (Å²) in [6.45, 7) is 0. The van der Waals surface area contributed by atoms with Crippen LogP contribution in [0.25, 0.3) is 0 Å². The van der Waals surface area contributed by atoms with E-state index in [4.69, 9.17) is 5.73 Å². The number of halogens is 3. The monoisotopic (exact) mass is 261 g/mol. The molecule has 1 aliphatic rings. The standard InChI is InChI=1S/C13H17F2N.ClH/c14-11-7-6-10(8-12(11)15)13(16)9-4-2-1-3-5-9;/h6-9,13H,1-5,16H2;1H/t13-;/m1./s1. The van der Waals surface area contributed by atoms with Gasteiger partial charge in [-0.25, -0.2) is 8.78 Å². The van der Waals surface area contributed by atoms with Crippen molar-refractivity contribution in [3.8, 4) is 0 Å². The first-order valence-corrected chi connectivity index (χ1v) is 5.89. The molecule has 0 heterocycles. The van der Waals surface area contributed by atoms with E-state index in [-0.39, 0.29) is 18.4 Å². The van der Waals surface area contributed by atoms with Crippen LogP contribution in [0.1, 0.15) is 43.7 Å². The van der Waals surface area contributed by atoms with Gasteiger partial charge < -0.3 is 5.73 Å². The SMILES string of the molecule is Cl.N[C@@H](c1ccc(F)c(F)c1)C1CCCCC1. The molecule has 1 fully saturated rings. The molecule has 0 aromatic heterocycles. The molecule has 2 rings (SSSR count). The van der Waals surface area contributed by atoms with Crippen molar-refractivity contribution in [2.75, 3.05) is 0 Å². The molecule has 0 unspecified atom stereocenters. The number of nitrogens with two attached hydrogens (primary N) is 1. The lowest BCUT2D eigenvalue weighted by molar-refractivity contribution is 0.307. The third-order valence-corrected chi connectivity index (χ3v) is 3.49. The molecule has 4 heteroatoms. The minimum absolute atomic E-state index is 0. The van der Waals surface area contributed by atoms with Gasteiger partial charge in [-0.15, -0.1) is 12.4 Å². The van der Waals surface area contributed by atoms with Gasteiger partial charge in [-0.1, -0.05) is 25.3 Å². The minimum atomic E-state index is -0.806. The fourth-order valence-electron chi connectivity index (χ4n) is 2.49. The predicted octanol–water partition coefficient (Wildman–Crippen LogP) is 3.97. The Balaban J connectivity index is 0.00000144. The molecule has 1 nitrogen and oxygen atoms in total. The van der Waals surface area contributed by atoms with Crippen molar-refractivity contribution >= 4 is 12.4 Å². The van der Waals surface area contributed by atoms with Gasteiger partial charge in [0.2, 0.25) is 0 Å². The zero-order chi connectivity index (χ0) is 11.5. The average Bonchev–Trinajstić information content (AvgIpc) is 2.33. The molecular weight excluding hydrogens is 244 g/mol. The zero-order valence-electron chi connectivity index (χ0n) is 9.66. The predicted molar refractivity (Wildman–Crippen MR) is 67.1 cm³/mol. The summed E-state index contributed by atoms with van der Waals surface area (Å²) in [6.07, 6.45) is 5.85. The van der Waals surface area contributed by atoms with Crippen molar-refractivity contribution in [1.82, 2.24) is 0 Å². The summed E-state index contributed by atoms with van der Waals surface area (Å²) in [5.74, 6) is -1.19. The lowest BCUT2D eigenvalue weighted by atomic mass is 9.81. The quantitative estimate of drug-likeness (QED) is 0.857. The zero-order valence-corrected chi connectivity index (χ0v) is 10.5. The van der Waals surface area contributed by atoms with Crippen LogP contribution in [0.2, 0.25) is 0 Å². The van der Waals surface area contributed by atoms with Crippen LogP contribution < -0.4 is 5.73 Å². The molecule has 0 bridgehead atoms. The van der Waals surface area contributed by atoms with Gasteiger partial charge in [0.25, 0.3) is 0 Å². The Morgan fingerprint density at radius 2 is 1.71 bits per heavy atom.